The maximum Gasteiger partial charge on any atom is 0.0134 e. The van der Waals surface area contributed by atoms with Crippen molar-refractivity contribution in [2.45, 2.75) is 297 Å². The first-order valence-electron chi connectivity index (χ1n) is 57.8. The van der Waals surface area contributed by atoms with E-state index in [9.17, 15) is 0 Å². The van der Waals surface area contributed by atoms with Gasteiger partial charge in [0.25, 0.3) is 0 Å². The van der Waals surface area contributed by atoms with Crippen LogP contribution in [0.5, 0.6) is 0 Å². The van der Waals surface area contributed by atoms with Crippen LogP contribution in [-0.4, -0.2) is 0 Å². The second kappa shape index (κ2) is 37.6. The molecule has 0 fully saturated rings. The first kappa shape index (κ1) is 96.0. The van der Waals surface area contributed by atoms with E-state index in [0.717, 1.165) is 154 Å². The smallest absolute Gasteiger partial charge is 0.0134 e. The molecule has 18 atom stereocenters. The number of benzene rings is 1. The lowest BCUT2D eigenvalue weighted by atomic mass is 9.57. The van der Waals surface area contributed by atoms with Crippen LogP contribution in [0, 0.1) is 122 Å². The van der Waals surface area contributed by atoms with Crippen LogP contribution in [0.3, 0.4) is 0 Å². The topological polar surface area (TPSA) is 0 Å². The number of allylic oxidation sites excluding steroid dienone is 72. The summed E-state index contributed by atoms with van der Waals surface area (Å²) >= 11 is 0. The first-order chi connectivity index (χ1) is 69.4. The number of fused-ring (bicyclic) bond motifs is 12. The third-order valence-corrected chi connectivity index (χ3v) is 41.0. The van der Waals surface area contributed by atoms with Gasteiger partial charge in [0.1, 0.15) is 0 Å². The van der Waals surface area contributed by atoms with Crippen molar-refractivity contribution in [3.63, 3.8) is 0 Å². The van der Waals surface area contributed by atoms with Crippen LogP contribution in [0.4, 0.5) is 0 Å². The van der Waals surface area contributed by atoms with Gasteiger partial charge in [-0.05, 0) is 485 Å². The normalized spacial score (nSPS) is 32.8. The minimum absolute atomic E-state index is 0.0210. The average molecular weight is 1890 g/mol. The van der Waals surface area contributed by atoms with Crippen molar-refractivity contribution >= 4 is 5.57 Å². The van der Waals surface area contributed by atoms with Gasteiger partial charge >= 0.3 is 0 Å². The molecule has 0 aliphatic heterocycles. The van der Waals surface area contributed by atoms with E-state index in [1.54, 1.807) is 156 Å². The van der Waals surface area contributed by atoms with Crippen molar-refractivity contribution in [2.24, 2.45) is 122 Å². The van der Waals surface area contributed by atoms with E-state index in [-0.39, 0.29) is 33.5 Å². The van der Waals surface area contributed by atoms with Crippen LogP contribution < -0.4 is 0 Å². The lowest BCUT2D eigenvalue weighted by molar-refractivity contribution is 0.199. The van der Waals surface area contributed by atoms with E-state index in [1.807, 2.05) is 0 Å². The molecule has 0 heteroatoms. The fraction of sp³-hybridized carbons (Fsp3) is 0.458. The van der Waals surface area contributed by atoms with Crippen LogP contribution in [0.1, 0.15) is 309 Å². The minimum atomic E-state index is 0.0210. The molecule has 0 saturated heterocycles. The third kappa shape index (κ3) is 17.0. The van der Waals surface area contributed by atoms with Crippen LogP contribution in [0.15, 0.2) is 438 Å². The van der Waals surface area contributed by atoms with Crippen LogP contribution in [0.25, 0.3) is 5.57 Å². The van der Waals surface area contributed by atoms with E-state index < -0.39 is 0 Å². The monoisotopic (exact) mass is 1890 g/mol. The molecule has 24 rings (SSSR count). The lowest BCUT2D eigenvalue weighted by Crippen LogP contribution is -2.35. The highest BCUT2D eigenvalue weighted by Crippen LogP contribution is 2.65. The minimum Gasteiger partial charge on any atom is -0.0839 e. The molecule has 144 heavy (non-hydrogen) atoms. The van der Waals surface area contributed by atoms with Crippen molar-refractivity contribution in [3.8, 4) is 0 Å². The van der Waals surface area contributed by atoms with Crippen molar-refractivity contribution in [1.82, 2.24) is 0 Å². The predicted molar refractivity (Wildman–Crippen MR) is 611 cm³/mol. The SMILES string of the molecule is CC1=CC(C(C)(C)C)CC(C)=C1C1=CC2C3=C(CCC=C3)C(C3=C(C)CC(C(C)(C)CCC(C)(C)C4=CCC(C5CC6=C(CC(C7C=CC(C(C)(C)C)=CC7)C7CC=CC=C67)C6=C5C=C(C5=CC7=C(CC5)C(C5=CCCC=C5)=CC5C8=C(CCC=C8)C(C8=CCCC=C8)=CC75)CC6)C=C4)C=C3C)=CC2C2=C1C=CC(C1=CC3=C(CC1)C1=C(CC3C3C(C)=CC=CC3C)c3ccccc3C(C3C(C)=CC=CC3C)C1)C2. The maximum atomic E-state index is 2.90. The van der Waals surface area contributed by atoms with Crippen LogP contribution in [0.2, 0.25) is 0 Å². The Morgan fingerprint density at radius 2 is 0.924 bits per heavy atom. The second-order valence-corrected chi connectivity index (χ2v) is 52.4. The summed E-state index contributed by atoms with van der Waals surface area (Å²) in [6.07, 6.45) is 123. The highest BCUT2D eigenvalue weighted by atomic mass is 14.6. The Labute approximate surface area is 868 Å². The fourth-order valence-electron chi connectivity index (χ4n) is 33.1. The predicted octanol–water partition coefficient (Wildman–Crippen LogP) is 38.8. The molecule has 0 saturated carbocycles. The van der Waals surface area contributed by atoms with E-state index in [2.05, 4.69) is 368 Å². The van der Waals surface area contributed by atoms with Gasteiger partial charge in [-0.15, -0.1) is 0 Å². The molecule has 0 nitrogen and oxygen atoms in total. The van der Waals surface area contributed by atoms with Gasteiger partial charge in [-0.3, -0.25) is 0 Å². The summed E-state index contributed by atoms with van der Waals surface area (Å²) < 4.78 is 0. The molecule has 0 heterocycles. The molecule has 1 aromatic carbocycles. The van der Waals surface area contributed by atoms with Gasteiger partial charge in [-0.1, -0.05) is 360 Å². The van der Waals surface area contributed by atoms with E-state index in [1.165, 1.54) is 68.6 Å². The Kier molecular flexibility index (Phi) is 25.1. The zero-order valence-electron chi connectivity index (χ0n) is 90.9. The number of rotatable bonds is 15. The summed E-state index contributed by atoms with van der Waals surface area (Å²) in [5.41, 5.74) is 61.2. The van der Waals surface area contributed by atoms with Crippen LogP contribution >= 0.6 is 0 Å². The quantitative estimate of drug-likeness (QED) is 0.164. The summed E-state index contributed by atoms with van der Waals surface area (Å²) in [5.74, 6) is 7.93. The molecular formula is C144H164. The summed E-state index contributed by atoms with van der Waals surface area (Å²) in [4.78, 5) is 0. The van der Waals surface area contributed by atoms with Crippen molar-refractivity contribution in [2.75, 3.05) is 0 Å². The average Bonchev–Trinajstić information content (AvgIpc) is 0.724. The van der Waals surface area contributed by atoms with Crippen molar-refractivity contribution < 1.29 is 0 Å². The molecule has 740 valence electrons. The molecule has 18 unspecified atom stereocenters. The lowest BCUT2D eigenvalue weighted by Gasteiger charge is -2.47. The summed E-state index contributed by atoms with van der Waals surface area (Å²) in [6, 6.07) is 9.73. The van der Waals surface area contributed by atoms with Gasteiger partial charge in [0, 0.05) is 29.6 Å². The zero-order valence-corrected chi connectivity index (χ0v) is 90.9. The second-order valence-electron chi connectivity index (χ2n) is 52.4. The molecule has 0 N–H and O–H groups in total. The molecule has 0 bridgehead atoms. The Bertz CT molecular complexity index is 6930. The first-order valence-corrected chi connectivity index (χ1v) is 57.8. The van der Waals surface area contributed by atoms with Gasteiger partial charge in [0.05, 0.1) is 0 Å². The standard InChI is InChI=1S/C144H164/c1-85-35-33-36-86(2)137(85)133-82-130-115-65-57-100(76-124(115)136(138-87(3)37-34-38-88(138)4)83-128(130)109-47-29-31-49-111(109)133)99-58-66-116-123(75-99)132-84-134(112-50-32-30-48-110(112)129(132)81-135(116)139-89(5)69-103(70-90(139)6)142(12,13)14)140-91(7)71-104(72-92(140)8)144(17,18)68-67-143(15,16)102-61-53-96(54-62-102)120-80-125-107-45-27-26-44-106(107)119(95-51-59-101(60-52-95)141(9,10)11)78-127(125)114-64-56-97(73-121(114)120)98-55-63-113-118(94-41-23-20-24-42-94)77-126-108-46-28-25-43-105(108)117(79-131(126)122(113)74-98)93-39-21-19-22-40-93/h21,23,26-31,33-42,45-49,51,53,58-62,66,69,71,73-74,76-77,79,81,84-85,87,95-96,99,103-104,106,119-120,126,129,131-133,136-138H,19-20,22,24-25,32,43-44,50,52,54-57,63-65,67-68,70,72,75,78,80,82-83H2,1-18H3. The van der Waals surface area contributed by atoms with Gasteiger partial charge in [-0.25, -0.2) is 0 Å². The van der Waals surface area contributed by atoms with Gasteiger partial charge in [-0.2, -0.15) is 0 Å². The fourth-order valence-corrected chi connectivity index (χ4v) is 33.1. The van der Waals surface area contributed by atoms with Crippen molar-refractivity contribution in [3.05, 3.63) is 449 Å². The molecule has 0 radical (unpaired) electrons. The Hall–Kier alpha value is -10.1. The highest BCUT2D eigenvalue weighted by Gasteiger charge is 2.51. The summed E-state index contributed by atoms with van der Waals surface area (Å²) in [6.45, 7) is 45.0. The zero-order chi connectivity index (χ0) is 99.0. The highest BCUT2D eigenvalue weighted by molar-refractivity contribution is 5.82. The third-order valence-electron chi connectivity index (χ3n) is 41.0. The largest absolute Gasteiger partial charge is 0.0839 e. The summed E-state index contributed by atoms with van der Waals surface area (Å²) in [7, 11) is 0. The molecule has 0 spiro atoms. The molecule has 23 aliphatic carbocycles. The van der Waals surface area contributed by atoms with Gasteiger partial charge < -0.3 is 0 Å². The molecule has 1 aromatic rings. The van der Waals surface area contributed by atoms with Gasteiger partial charge in [0.15, 0.2) is 0 Å². The molecular weight excluding hydrogens is 1730 g/mol. The molecule has 23 aliphatic rings. The molecule has 0 aromatic heterocycles. The van der Waals surface area contributed by atoms with E-state index >= 15 is 0 Å². The van der Waals surface area contributed by atoms with E-state index in [4.69, 9.17) is 0 Å². The van der Waals surface area contributed by atoms with Gasteiger partial charge in [0.2, 0.25) is 0 Å². The number of hydrogen-bond donors (Lipinski definition) is 0. The van der Waals surface area contributed by atoms with E-state index in [0.29, 0.717) is 94.7 Å². The van der Waals surface area contributed by atoms with Crippen molar-refractivity contribution in [1.29, 1.82) is 0 Å². The summed E-state index contributed by atoms with van der Waals surface area (Å²) in [5, 5.41) is 0. The maximum absolute atomic E-state index is 2.90. The Morgan fingerprint density at radius 3 is 1.57 bits per heavy atom. The molecule has 0 amide bonds. The Morgan fingerprint density at radius 1 is 0.368 bits per heavy atom. The Balaban J connectivity index is 0.522. The number of hydrogen-bond acceptors (Lipinski definition) is 0. The van der Waals surface area contributed by atoms with Crippen LogP contribution in [-0.2, 0) is 0 Å².